The highest BCUT2D eigenvalue weighted by atomic mass is 19.1. The molecule has 0 unspecified atom stereocenters. The lowest BCUT2D eigenvalue weighted by atomic mass is 9.82. The van der Waals surface area contributed by atoms with Crippen molar-refractivity contribution >= 4 is 34.8 Å². The summed E-state index contributed by atoms with van der Waals surface area (Å²) < 4.78 is 29.5. The molecule has 2 aromatic carbocycles. The highest BCUT2D eigenvalue weighted by molar-refractivity contribution is 5.97. The molecule has 1 fully saturated rings. The van der Waals surface area contributed by atoms with Crippen LogP contribution in [0.15, 0.2) is 48.7 Å². The van der Waals surface area contributed by atoms with Gasteiger partial charge in [-0.05, 0) is 68.1 Å². The molecular weight excluding hydrogens is 505 g/mol. The molecule has 2 heterocycles. The normalized spacial score (nSPS) is 16.4. The summed E-state index contributed by atoms with van der Waals surface area (Å²) in [5.74, 6) is -0.380. The van der Waals surface area contributed by atoms with Crippen LogP contribution in [0.25, 0.3) is 16.7 Å². The quantitative estimate of drug-likeness (QED) is 0.397. The summed E-state index contributed by atoms with van der Waals surface area (Å²) in [6.45, 7) is 5.95. The molecule has 2 aliphatic rings. The maximum absolute atomic E-state index is 13.5. The summed E-state index contributed by atoms with van der Waals surface area (Å²) in [4.78, 5) is 42.8. The number of benzene rings is 2. The molecule has 0 radical (unpaired) electrons. The van der Waals surface area contributed by atoms with Crippen LogP contribution in [0.4, 0.5) is 14.0 Å². The van der Waals surface area contributed by atoms with E-state index in [1.165, 1.54) is 35.4 Å². The second-order valence-corrected chi connectivity index (χ2v) is 10.3. The summed E-state index contributed by atoms with van der Waals surface area (Å²) in [6, 6.07) is 10.7. The third kappa shape index (κ3) is 5.45. The van der Waals surface area contributed by atoms with E-state index in [4.69, 9.17) is 14.2 Å². The van der Waals surface area contributed by atoms with Crippen LogP contribution in [0.5, 0.6) is 5.75 Å². The molecule has 39 heavy (non-hydrogen) atoms. The van der Waals surface area contributed by atoms with E-state index in [2.05, 4.69) is 10.3 Å². The van der Waals surface area contributed by atoms with Crippen LogP contribution in [0, 0.1) is 5.82 Å². The minimum absolute atomic E-state index is 0.0888. The van der Waals surface area contributed by atoms with E-state index in [9.17, 15) is 18.8 Å². The van der Waals surface area contributed by atoms with Crippen LogP contribution in [0.3, 0.4) is 0 Å². The number of halogens is 1. The first-order valence-electron chi connectivity index (χ1n) is 12.9. The number of hydrogen-bond acceptors (Lipinski definition) is 6. The lowest BCUT2D eigenvalue weighted by Gasteiger charge is -2.29. The number of ether oxygens (including phenoxy) is 3. The van der Waals surface area contributed by atoms with Crippen LogP contribution in [0.1, 0.15) is 61.6 Å². The monoisotopic (exact) mass is 535 g/mol. The Morgan fingerprint density at radius 2 is 1.85 bits per heavy atom. The Balaban J connectivity index is 1.53. The predicted molar refractivity (Wildman–Crippen MR) is 142 cm³/mol. The highest BCUT2D eigenvalue weighted by Gasteiger charge is 2.37. The predicted octanol–water partition coefficient (Wildman–Crippen LogP) is 5.85. The fourth-order valence-corrected chi connectivity index (χ4v) is 4.94. The molecule has 1 saturated carbocycles. The van der Waals surface area contributed by atoms with Crippen LogP contribution in [0.2, 0.25) is 0 Å². The number of fused-ring (bicyclic) bond motifs is 3. The molecule has 9 nitrogen and oxygen atoms in total. The van der Waals surface area contributed by atoms with Gasteiger partial charge < -0.3 is 29.4 Å². The third-order valence-corrected chi connectivity index (χ3v) is 6.98. The zero-order valence-corrected chi connectivity index (χ0v) is 22.0. The number of carbonyl (C=O) groups excluding carboxylic acids is 3. The standard InChI is InChI=1S/C29H30FN3O6/c1-4-37-28(36)39-23-15-33(26(34)17-8-10-18(30)11-9-17)16-29(2,3)24-21-13-12-20(14-22(21)32-25(23)24)38-27(35)31-19-6-5-7-19/h8-15,19,32H,4-7,16H2,1-3H3,(H,31,35). The molecule has 0 atom stereocenters. The van der Waals surface area contributed by atoms with Crippen molar-refractivity contribution in [3.8, 4) is 5.75 Å². The Labute approximate surface area is 224 Å². The first-order chi connectivity index (χ1) is 18.6. The van der Waals surface area contributed by atoms with Crippen molar-refractivity contribution in [1.82, 2.24) is 15.2 Å². The second kappa shape index (κ2) is 10.4. The molecule has 204 valence electrons. The smallest absolute Gasteiger partial charge is 0.434 e. The minimum atomic E-state index is -0.918. The molecule has 3 aromatic rings. The summed E-state index contributed by atoms with van der Waals surface area (Å²) in [7, 11) is 0. The number of nitrogens with zero attached hydrogens (tertiary/aromatic N) is 1. The first kappa shape index (κ1) is 26.3. The van der Waals surface area contributed by atoms with Gasteiger partial charge in [-0.25, -0.2) is 14.0 Å². The van der Waals surface area contributed by atoms with E-state index in [1.807, 2.05) is 19.9 Å². The maximum Gasteiger partial charge on any atom is 0.513 e. The largest absolute Gasteiger partial charge is 0.513 e. The van der Waals surface area contributed by atoms with Crippen LogP contribution < -0.4 is 10.1 Å². The molecule has 2 amide bonds. The molecule has 2 N–H and O–H groups in total. The van der Waals surface area contributed by atoms with Gasteiger partial charge in [0.15, 0.2) is 5.76 Å². The van der Waals surface area contributed by atoms with Crippen molar-refractivity contribution in [1.29, 1.82) is 0 Å². The molecule has 1 aliphatic heterocycles. The van der Waals surface area contributed by atoms with Gasteiger partial charge in [0.1, 0.15) is 11.6 Å². The highest BCUT2D eigenvalue weighted by Crippen LogP contribution is 2.41. The summed E-state index contributed by atoms with van der Waals surface area (Å²) >= 11 is 0. The molecule has 0 bridgehead atoms. The van der Waals surface area contributed by atoms with Crippen LogP contribution >= 0.6 is 0 Å². The molecule has 5 rings (SSSR count). The lowest BCUT2D eigenvalue weighted by molar-refractivity contribution is 0.0788. The average Bonchev–Trinajstić information content (AvgIpc) is 3.21. The fraction of sp³-hybridized carbons (Fsp3) is 0.345. The Hall–Kier alpha value is -4.34. The van der Waals surface area contributed by atoms with Crippen LogP contribution in [-0.4, -0.2) is 47.2 Å². The molecule has 10 heteroatoms. The van der Waals surface area contributed by atoms with Gasteiger partial charge >= 0.3 is 12.2 Å². The molecular formula is C29H30FN3O6. The molecule has 1 aromatic heterocycles. The van der Waals surface area contributed by atoms with E-state index in [0.717, 1.165) is 30.2 Å². The van der Waals surface area contributed by atoms with E-state index in [0.29, 0.717) is 17.0 Å². The van der Waals surface area contributed by atoms with Gasteiger partial charge in [0.2, 0.25) is 0 Å². The topological polar surface area (TPSA) is 110 Å². The van der Waals surface area contributed by atoms with Crippen molar-refractivity contribution in [3.63, 3.8) is 0 Å². The van der Waals surface area contributed by atoms with Gasteiger partial charge in [-0.2, -0.15) is 0 Å². The van der Waals surface area contributed by atoms with Crippen molar-refractivity contribution in [2.75, 3.05) is 13.2 Å². The van der Waals surface area contributed by atoms with E-state index in [1.54, 1.807) is 19.1 Å². The minimum Gasteiger partial charge on any atom is -0.434 e. The van der Waals surface area contributed by atoms with E-state index in [-0.39, 0.29) is 36.4 Å². The number of aromatic amines is 1. The third-order valence-electron chi connectivity index (χ3n) is 6.98. The number of aromatic nitrogens is 1. The number of hydrogen-bond donors (Lipinski definition) is 2. The van der Waals surface area contributed by atoms with Gasteiger partial charge in [0, 0.05) is 40.5 Å². The molecule has 1 aliphatic carbocycles. The molecule has 0 spiro atoms. The number of carbonyl (C=O) groups is 3. The van der Waals surface area contributed by atoms with Gasteiger partial charge in [0.05, 0.1) is 18.5 Å². The van der Waals surface area contributed by atoms with E-state index >= 15 is 0 Å². The van der Waals surface area contributed by atoms with Gasteiger partial charge in [-0.15, -0.1) is 0 Å². The second-order valence-electron chi connectivity index (χ2n) is 10.3. The molecule has 0 saturated heterocycles. The Bertz CT molecular complexity index is 1460. The van der Waals surface area contributed by atoms with Crippen molar-refractivity contribution < 1.29 is 33.0 Å². The summed E-state index contributed by atoms with van der Waals surface area (Å²) in [5.41, 5.74) is 1.64. The zero-order chi connectivity index (χ0) is 27.7. The van der Waals surface area contributed by atoms with Gasteiger partial charge in [-0.1, -0.05) is 13.8 Å². The van der Waals surface area contributed by atoms with E-state index < -0.39 is 23.5 Å². The number of H-pyrrole nitrogens is 1. The van der Waals surface area contributed by atoms with Crippen molar-refractivity contribution in [2.24, 2.45) is 0 Å². The number of nitrogens with one attached hydrogen (secondary N) is 2. The maximum atomic E-state index is 13.5. The van der Waals surface area contributed by atoms with Crippen LogP contribution in [-0.2, 0) is 14.9 Å². The Kier molecular flexibility index (Phi) is 7.03. The summed E-state index contributed by atoms with van der Waals surface area (Å²) in [5, 5.41) is 3.66. The number of rotatable bonds is 5. The summed E-state index contributed by atoms with van der Waals surface area (Å²) in [6.07, 6.45) is 3.02. The average molecular weight is 536 g/mol. The lowest BCUT2D eigenvalue weighted by Crippen LogP contribution is -2.41. The first-order valence-corrected chi connectivity index (χ1v) is 12.9. The number of amides is 2. The van der Waals surface area contributed by atoms with Crippen molar-refractivity contribution in [2.45, 2.75) is 51.5 Å². The van der Waals surface area contributed by atoms with Gasteiger partial charge in [-0.3, -0.25) is 4.79 Å². The van der Waals surface area contributed by atoms with Gasteiger partial charge in [0.25, 0.3) is 5.91 Å². The Morgan fingerprint density at radius 1 is 1.10 bits per heavy atom. The SMILES string of the molecule is CCOC(=O)OC1=CN(C(=O)c2ccc(F)cc2)CC(C)(C)c2c1[nH]c1cc(OC(=O)NC3CCC3)ccc21. The fourth-order valence-electron chi connectivity index (χ4n) is 4.94. The zero-order valence-electron chi connectivity index (χ0n) is 22.0. The Morgan fingerprint density at radius 3 is 2.51 bits per heavy atom. The van der Waals surface area contributed by atoms with Crippen molar-refractivity contribution in [3.05, 3.63) is 71.3 Å².